The van der Waals surface area contributed by atoms with Crippen molar-refractivity contribution in [2.45, 2.75) is 6.61 Å². The van der Waals surface area contributed by atoms with E-state index in [1.807, 2.05) is 18.2 Å². The topological polar surface area (TPSA) is 70.9 Å². The van der Waals surface area contributed by atoms with Gasteiger partial charge in [-0.25, -0.2) is 4.98 Å². The van der Waals surface area contributed by atoms with Gasteiger partial charge >= 0.3 is 0 Å². The second-order valence-corrected chi connectivity index (χ2v) is 17.5. The molecule has 0 atom stereocenters. The van der Waals surface area contributed by atoms with Crippen LogP contribution in [0.15, 0.2) is 205 Å². The maximum absolute atomic E-state index is 6.84. The number of furan rings is 1. The van der Waals surface area contributed by atoms with E-state index in [2.05, 4.69) is 191 Å². The van der Waals surface area contributed by atoms with E-state index in [0.717, 1.165) is 99.2 Å². The fraction of sp³-hybridized carbons (Fsp3) is 0.0167. The van der Waals surface area contributed by atoms with E-state index in [0.29, 0.717) is 24.2 Å². The average molecular weight is 858 g/mol. The molecule has 0 unspecified atom stereocenters. The Labute approximate surface area is 382 Å². The molecule has 0 spiro atoms. The molecule has 0 bridgehead atoms. The molecule has 7 heteroatoms. The van der Waals surface area contributed by atoms with Crippen molar-refractivity contribution in [3.8, 4) is 51.3 Å². The van der Waals surface area contributed by atoms with Crippen molar-refractivity contribution in [3.63, 3.8) is 0 Å². The summed E-state index contributed by atoms with van der Waals surface area (Å²) in [5, 5.41) is 11.4. The molecule has 0 aliphatic carbocycles. The minimum atomic E-state index is 0.441. The Kier molecular flexibility index (Phi) is 7.43. The number of rotatable bonds is 4. The van der Waals surface area contributed by atoms with Crippen LogP contribution < -0.4 is 4.74 Å². The average Bonchev–Trinajstić information content (AvgIpc) is 4.04. The Bertz CT molecular complexity index is 4370. The maximum Gasteiger partial charge on any atom is 0.238 e. The van der Waals surface area contributed by atoms with Crippen molar-refractivity contribution in [2.24, 2.45) is 0 Å². The van der Waals surface area contributed by atoms with Crippen LogP contribution in [0.1, 0.15) is 5.56 Å². The molecular formula is C60H35N5O2. The summed E-state index contributed by atoms with van der Waals surface area (Å²) in [4.78, 5) is 16.4. The van der Waals surface area contributed by atoms with Crippen LogP contribution in [-0.2, 0) is 6.61 Å². The highest BCUT2D eigenvalue weighted by Crippen LogP contribution is 2.47. The van der Waals surface area contributed by atoms with Crippen LogP contribution in [-0.4, -0.2) is 24.1 Å². The molecule has 4 aromatic heterocycles. The summed E-state index contributed by atoms with van der Waals surface area (Å²) >= 11 is 0. The van der Waals surface area contributed by atoms with Crippen LogP contribution in [0.4, 0.5) is 0 Å². The highest BCUT2D eigenvalue weighted by atomic mass is 16.5. The summed E-state index contributed by atoms with van der Waals surface area (Å²) in [5.41, 5.74) is 11.7. The molecule has 1 aliphatic rings. The lowest BCUT2D eigenvalue weighted by Crippen LogP contribution is -2.10. The molecule has 7 nitrogen and oxygen atoms in total. The predicted octanol–water partition coefficient (Wildman–Crippen LogP) is 15.2. The molecule has 312 valence electrons. The van der Waals surface area contributed by atoms with Crippen molar-refractivity contribution in [1.82, 2.24) is 24.1 Å². The summed E-state index contributed by atoms with van der Waals surface area (Å²) in [6.45, 7) is 0.441. The van der Waals surface area contributed by atoms with Crippen LogP contribution in [0.2, 0.25) is 0 Å². The highest BCUT2D eigenvalue weighted by molar-refractivity contribution is 6.14. The molecule has 0 N–H and O–H groups in total. The van der Waals surface area contributed by atoms with E-state index in [1.54, 1.807) is 0 Å². The Morgan fingerprint density at radius 2 is 0.985 bits per heavy atom. The first-order valence-corrected chi connectivity index (χ1v) is 22.6. The third kappa shape index (κ3) is 5.31. The molecule has 14 aromatic rings. The van der Waals surface area contributed by atoms with Gasteiger partial charge in [-0.3, -0.25) is 4.57 Å². The molecular weight excluding hydrogens is 823 g/mol. The smallest absolute Gasteiger partial charge is 0.238 e. The summed E-state index contributed by atoms with van der Waals surface area (Å²) in [5.74, 6) is 2.33. The number of benzene rings is 10. The molecule has 0 saturated heterocycles. The lowest BCUT2D eigenvalue weighted by molar-refractivity contribution is 0.304. The Hall–Kier alpha value is -9.07. The Morgan fingerprint density at radius 3 is 1.76 bits per heavy atom. The second-order valence-electron chi connectivity index (χ2n) is 17.5. The largest absolute Gasteiger partial charge is 0.488 e. The Morgan fingerprint density at radius 1 is 0.373 bits per heavy atom. The van der Waals surface area contributed by atoms with Gasteiger partial charge < -0.3 is 13.7 Å². The van der Waals surface area contributed by atoms with Gasteiger partial charge in [-0.2, -0.15) is 9.97 Å². The number of ether oxygens (including phenoxy) is 1. The maximum atomic E-state index is 6.84. The van der Waals surface area contributed by atoms with Crippen molar-refractivity contribution in [3.05, 3.63) is 206 Å². The van der Waals surface area contributed by atoms with Crippen LogP contribution >= 0.6 is 0 Å². The number of fused-ring (bicyclic) bond motifs is 15. The Balaban J connectivity index is 1.06. The first-order chi connectivity index (χ1) is 33.2. The van der Waals surface area contributed by atoms with E-state index in [4.69, 9.17) is 24.1 Å². The first-order valence-electron chi connectivity index (χ1n) is 22.6. The second kappa shape index (κ2) is 13.7. The summed E-state index contributed by atoms with van der Waals surface area (Å²) in [6, 6.07) is 70.7. The van der Waals surface area contributed by atoms with Gasteiger partial charge in [-0.1, -0.05) is 140 Å². The SMILES string of the molecule is c1ccc2cc3c(cc2c1)c1ccccc1n3-c1cc2c(cc1-c1nc(-c3ccc4c(c3)oc3ccccc34)nc(-n3c4ccccc4c4ccccc43)n1)OCc1c-2ccc2ccccc12. The third-order valence-corrected chi connectivity index (χ3v) is 13.9. The van der Waals surface area contributed by atoms with E-state index >= 15 is 0 Å². The van der Waals surface area contributed by atoms with Gasteiger partial charge in [-0.05, 0) is 87.8 Å². The minimum absolute atomic E-state index is 0.441. The molecule has 10 aromatic carbocycles. The summed E-state index contributed by atoms with van der Waals surface area (Å²) in [6.07, 6.45) is 0. The zero-order chi connectivity index (χ0) is 43.7. The van der Waals surface area contributed by atoms with Crippen molar-refractivity contribution in [2.75, 3.05) is 0 Å². The molecule has 15 rings (SSSR count). The van der Waals surface area contributed by atoms with Crippen molar-refractivity contribution >= 4 is 87.1 Å². The normalized spacial score (nSPS) is 12.5. The monoisotopic (exact) mass is 857 g/mol. The van der Waals surface area contributed by atoms with E-state index in [9.17, 15) is 0 Å². The highest BCUT2D eigenvalue weighted by Gasteiger charge is 2.27. The molecule has 5 heterocycles. The number of hydrogen-bond donors (Lipinski definition) is 0. The fourth-order valence-electron chi connectivity index (χ4n) is 10.8. The van der Waals surface area contributed by atoms with Crippen LogP contribution in [0, 0.1) is 0 Å². The first kappa shape index (κ1) is 36.3. The van der Waals surface area contributed by atoms with Crippen LogP contribution in [0.5, 0.6) is 5.75 Å². The van der Waals surface area contributed by atoms with E-state index in [-0.39, 0.29) is 0 Å². The van der Waals surface area contributed by atoms with Gasteiger partial charge in [0, 0.05) is 54.6 Å². The van der Waals surface area contributed by atoms with Crippen molar-refractivity contribution < 1.29 is 9.15 Å². The standard InChI is InChI=1S/C60H35N5O2/c1-2-15-37-30-53-46(29-36(37)14-1)43-19-7-9-21-50(43)64(53)54-32-47-40-27-25-35-13-3-4-16-39(35)49(40)34-66-56(47)33-48(54)59-61-58(38-26-28-45-44-20-8-12-24-55(44)67-57(45)31-38)62-60(63-59)65-51-22-10-5-17-41(51)42-18-6-11-23-52(42)65/h1-33H,34H2. The lowest BCUT2D eigenvalue weighted by Gasteiger charge is -2.25. The molecule has 1 aliphatic heterocycles. The molecule has 0 amide bonds. The number of hydrogen-bond acceptors (Lipinski definition) is 5. The quantitative estimate of drug-likeness (QED) is 0.176. The van der Waals surface area contributed by atoms with Crippen LogP contribution in [0.25, 0.3) is 133 Å². The number of para-hydroxylation sites is 4. The van der Waals surface area contributed by atoms with Gasteiger partial charge in [0.1, 0.15) is 23.5 Å². The fourth-order valence-corrected chi connectivity index (χ4v) is 10.8. The third-order valence-electron chi connectivity index (χ3n) is 13.9. The van der Waals surface area contributed by atoms with Crippen LogP contribution in [0.3, 0.4) is 0 Å². The zero-order valence-corrected chi connectivity index (χ0v) is 35.8. The minimum Gasteiger partial charge on any atom is -0.488 e. The predicted molar refractivity (Wildman–Crippen MR) is 271 cm³/mol. The summed E-state index contributed by atoms with van der Waals surface area (Å²) in [7, 11) is 0. The zero-order valence-electron chi connectivity index (χ0n) is 35.8. The lowest BCUT2D eigenvalue weighted by atomic mass is 9.91. The number of aromatic nitrogens is 5. The van der Waals surface area contributed by atoms with Gasteiger partial charge in [0.2, 0.25) is 5.95 Å². The molecule has 0 fully saturated rings. The van der Waals surface area contributed by atoms with E-state index < -0.39 is 0 Å². The van der Waals surface area contributed by atoms with Gasteiger partial charge in [-0.15, -0.1) is 0 Å². The van der Waals surface area contributed by atoms with Gasteiger partial charge in [0.25, 0.3) is 0 Å². The van der Waals surface area contributed by atoms with Gasteiger partial charge in [0.15, 0.2) is 11.6 Å². The van der Waals surface area contributed by atoms with E-state index in [1.165, 1.54) is 27.1 Å². The van der Waals surface area contributed by atoms with Gasteiger partial charge in [0.05, 0.1) is 27.8 Å². The number of nitrogens with zero attached hydrogens (tertiary/aromatic N) is 5. The summed E-state index contributed by atoms with van der Waals surface area (Å²) < 4.78 is 17.8. The van der Waals surface area contributed by atoms with Crippen molar-refractivity contribution in [1.29, 1.82) is 0 Å². The molecule has 67 heavy (non-hydrogen) atoms. The molecule has 0 radical (unpaired) electrons. The molecule has 0 saturated carbocycles.